The summed E-state index contributed by atoms with van der Waals surface area (Å²) >= 11 is 0. The summed E-state index contributed by atoms with van der Waals surface area (Å²) in [5.41, 5.74) is -1.22. The molecule has 0 saturated carbocycles. The third kappa shape index (κ3) is 5.52. The number of ketones is 1. The van der Waals surface area contributed by atoms with E-state index in [4.69, 9.17) is 0 Å². The fourth-order valence-corrected chi connectivity index (χ4v) is 8.48. The molecule has 0 spiro atoms. The highest BCUT2D eigenvalue weighted by molar-refractivity contribution is 7.92. The number of carbonyl (C=O) groups is 1. The summed E-state index contributed by atoms with van der Waals surface area (Å²) in [6, 6.07) is -0.111. The van der Waals surface area contributed by atoms with Gasteiger partial charge in [0.25, 0.3) is 5.78 Å². The smallest absolute Gasteiger partial charge is 0.284 e. The van der Waals surface area contributed by atoms with E-state index in [1.807, 2.05) is 0 Å². The predicted octanol–water partition coefficient (Wildman–Crippen LogP) is 4.05. The minimum absolute atomic E-state index is 0.621. The summed E-state index contributed by atoms with van der Waals surface area (Å²) in [7, 11) is -9.42. The van der Waals surface area contributed by atoms with Gasteiger partial charge < -0.3 is 0 Å². The molecule has 12 heteroatoms. The van der Waals surface area contributed by atoms with Gasteiger partial charge in [0.05, 0.1) is 0 Å². The summed E-state index contributed by atoms with van der Waals surface area (Å²) in [6.45, 7) is 12.3. The van der Waals surface area contributed by atoms with E-state index >= 15 is 0 Å². The van der Waals surface area contributed by atoms with Crippen molar-refractivity contribution in [3.8, 4) is 0 Å². The second kappa shape index (κ2) is 9.78. The first-order chi connectivity index (χ1) is 14.3. The number of hydrogen-bond donors (Lipinski definition) is 0. The van der Waals surface area contributed by atoms with Gasteiger partial charge in [0.2, 0.25) is 20.0 Å². The van der Waals surface area contributed by atoms with Crippen LogP contribution in [0.25, 0.3) is 0 Å². The predicted molar refractivity (Wildman–Crippen MR) is 115 cm³/mol. The molecule has 0 N–H and O–H groups in total. The summed E-state index contributed by atoms with van der Waals surface area (Å²) < 4.78 is 96.2. The van der Waals surface area contributed by atoms with Crippen molar-refractivity contribution in [3.05, 3.63) is 23.8 Å². The molecule has 1 rings (SSSR count). The Balaban J connectivity index is 4.21. The van der Waals surface area contributed by atoms with E-state index in [1.165, 1.54) is 27.7 Å². The van der Waals surface area contributed by atoms with Gasteiger partial charge in [-0.2, -0.15) is 21.8 Å². The maximum Gasteiger partial charge on any atom is 0.454 e. The van der Waals surface area contributed by atoms with Gasteiger partial charge in [-0.15, -0.1) is 0 Å². The topological polar surface area (TPSA) is 91.8 Å². The Morgan fingerprint density at radius 1 is 0.750 bits per heavy atom. The summed E-state index contributed by atoms with van der Waals surface area (Å²) in [5.74, 6) is -2.43. The van der Waals surface area contributed by atoms with Gasteiger partial charge in [0.1, 0.15) is 9.79 Å². The molecule has 0 aliphatic heterocycles. The van der Waals surface area contributed by atoms with Crippen molar-refractivity contribution in [2.75, 3.05) is 0 Å². The number of sulfonamides is 2. The highest BCUT2D eigenvalue weighted by atomic mass is 32.2. The summed E-state index contributed by atoms with van der Waals surface area (Å²) in [6.07, 6.45) is -5.40. The molecule has 0 saturated heterocycles. The summed E-state index contributed by atoms with van der Waals surface area (Å²) in [5, 5.41) is 0. The molecule has 7 nitrogen and oxygen atoms in total. The average molecular weight is 501 g/mol. The number of Topliss-reactive ketones (excluding diaryl/α,β-unsaturated/α-hetero) is 1. The standard InChI is InChI=1S/C20H31F3N2O5S2/c1-12(2)24(13(3)4)31(27,28)17-11-9-10-16(19(26)20(21,22)23)18(17)32(29,30)25(14(5)6)15(7)8/h9-15H,1-8H3. The van der Waals surface area contributed by atoms with E-state index in [2.05, 4.69) is 0 Å². The lowest BCUT2D eigenvalue weighted by Crippen LogP contribution is -2.45. The lowest BCUT2D eigenvalue weighted by molar-refractivity contribution is -0.0887. The zero-order valence-electron chi connectivity index (χ0n) is 19.4. The van der Waals surface area contributed by atoms with Crippen LogP contribution in [-0.4, -0.2) is 61.6 Å². The fourth-order valence-electron chi connectivity index (χ4n) is 3.84. The van der Waals surface area contributed by atoms with Crippen molar-refractivity contribution in [1.29, 1.82) is 0 Å². The minimum atomic E-state index is -5.40. The van der Waals surface area contributed by atoms with Gasteiger partial charge >= 0.3 is 6.18 Å². The molecule has 1 aromatic carbocycles. The van der Waals surface area contributed by atoms with E-state index in [0.717, 1.165) is 20.7 Å². The molecule has 0 aromatic heterocycles. The number of benzene rings is 1. The van der Waals surface area contributed by atoms with Crippen LogP contribution in [-0.2, 0) is 20.0 Å². The Bertz CT molecular complexity index is 1030. The van der Waals surface area contributed by atoms with Crippen molar-refractivity contribution in [3.63, 3.8) is 0 Å². The lowest BCUT2D eigenvalue weighted by Gasteiger charge is -2.33. The fraction of sp³-hybridized carbons (Fsp3) is 0.650. The van der Waals surface area contributed by atoms with Crippen molar-refractivity contribution in [1.82, 2.24) is 8.61 Å². The minimum Gasteiger partial charge on any atom is -0.284 e. The van der Waals surface area contributed by atoms with E-state index in [0.29, 0.717) is 6.07 Å². The SMILES string of the molecule is CC(C)N(C(C)C)S(=O)(=O)c1cccc(C(=O)C(F)(F)F)c1S(=O)(=O)N(C(C)C)C(C)C. The summed E-state index contributed by atoms with van der Waals surface area (Å²) in [4.78, 5) is 10.2. The quantitative estimate of drug-likeness (QED) is 0.477. The van der Waals surface area contributed by atoms with Crippen molar-refractivity contribution in [2.24, 2.45) is 0 Å². The number of alkyl halides is 3. The number of hydrogen-bond acceptors (Lipinski definition) is 5. The van der Waals surface area contributed by atoms with E-state index in [9.17, 15) is 34.8 Å². The molecule has 0 radical (unpaired) electrons. The molecule has 0 heterocycles. The Hall–Kier alpha value is -1.50. The molecule has 0 fully saturated rings. The van der Waals surface area contributed by atoms with Crippen LogP contribution in [0.4, 0.5) is 13.2 Å². The molecule has 32 heavy (non-hydrogen) atoms. The third-order valence-corrected chi connectivity index (χ3v) is 9.39. The Morgan fingerprint density at radius 2 is 1.12 bits per heavy atom. The van der Waals surface area contributed by atoms with Gasteiger partial charge in [-0.25, -0.2) is 16.8 Å². The number of nitrogens with zero attached hydrogens (tertiary/aromatic N) is 2. The Labute approximate surface area is 188 Å². The van der Waals surface area contributed by atoms with Gasteiger partial charge in [-0.05, 0) is 67.5 Å². The van der Waals surface area contributed by atoms with Crippen molar-refractivity contribution in [2.45, 2.75) is 95.5 Å². The molecular formula is C20H31F3N2O5S2. The normalized spacial score (nSPS) is 13.9. The molecule has 0 bridgehead atoms. The average Bonchev–Trinajstić information content (AvgIpc) is 2.57. The van der Waals surface area contributed by atoms with Crippen LogP contribution in [0.2, 0.25) is 0 Å². The van der Waals surface area contributed by atoms with Crippen LogP contribution in [0.5, 0.6) is 0 Å². The first-order valence-electron chi connectivity index (χ1n) is 10.1. The van der Waals surface area contributed by atoms with Crippen LogP contribution >= 0.6 is 0 Å². The van der Waals surface area contributed by atoms with Crippen LogP contribution in [0.1, 0.15) is 65.7 Å². The second-order valence-corrected chi connectivity index (χ2v) is 12.1. The van der Waals surface area contributed by atoms with Crippen LogP contribution in [0.3, 0.4) is 0 Å². The molecule has 1 aromatic rings. The van der Waals surface area contributed by atoms with Crippen LogP contribution < -0.4 is 0 Å². The molecule has 0 amide bonds. The molecule has 0 aliphatic rings. The molecular weight excluding hydrogens is 469 g/mol. The largest absolute Gasteiger partial charge is 0.454 e. The Morgan fingerprint density at radius 3 is 1.47 bits per heavy atom. The molecule has 0 aliphatic carbocycles. The second-order valence-electron chi connectivity index (χ2n) is 8.50. The highest BCUT2D eigenvalue weighted by Gasteiger charge is 2.46. The van der Waals surface area contributed by atoms with Gasteiger partial charge in [0.15, 0.2) is 0 Å². The van der Waals surface area contributed by atoms with E-state index < -0.39 is 71.5 Å². The molecule has 184 valence electrons. The maximum atomic E-state index is 13.6. The Kier molecular flexibility index (Phi) is 8.72. The van der Waals surface area contributed by atoms with Gasteiger partial charge in [-0.3, -0.25) is 4.79 Å². The lowest BCUT2D eigenvalue weighted by atomic mass is 10.1. The maximum absolute atomic E-state index is 13.6. The van der Waals surface area contributed by atoms with Crippen LogP contribution in [0.15, 0.2) is 28.0 Å². The van der Waals surface area contributed by atoms with E-state index in [1.54, 1.807) is 27.7 Å². The molecule has 0 unspecified atom stereocenters. The van der Waals surface area contributed by atoms with E-state index in [-0.39, 0.29) is 0 Å². The zero-order chi connectivity index (χ0) is 25.4. The van der Waals surface area contributed by atoms with Crippen LogP contribution in [0, 0.1) is 0 Å². The number of rotatable bonds is 9. The third-order valence-electron chi connectivity index (χ3n) is 4.61. The van der Waals surface area contributed by atoms with Crippen molar-refractivity contribution < 1.29 is 34.8 Å². The first-order valence-corrected chi connectivity index (χ1v) is 13.0. The van der Waals surface area contributed by atoms with Gasteiger partial charge in [0, 0.05) is 29.7 Å². The highest BCUT2D eigenvalue weighted by Crippen LogP contribution is 2.36. The first kappa shape index (κ1) is 28.5. The van der Waals surface area contributed by atoms with Crippen molar-refractivity contribution >= 4 is 25.8 Å². The van der Waals surface area contributed by atoms with Gasteiger partial charge in [-0.1, -0.05) is 6.07 Å². The zero-order valence-corrected chi connectivity index (χ0v) is 21.1. The number of halogens is 3. The molecule has 0 atom stereocenters. The monoisotopic (exact) mass is 500 g/mol. The number of carbonyl (C=O) groups excluding carboxylic acids is 1.